The van der Waals surface area contributed by atoms with Gasteiger partial charge in [-0.05, 0) is 80.5 Å². The fourth-order valence-corrected chi connectivity index (χ4v) is 6.35. The first-order chi connectivity index (χ1) is 21.7. The van der Waals surface area contributed by atoms with Crippen molar-refractivity contribution in [2.45, 2.75) is 79.3 Å². The molecule has 7 heteroatoms. The summed E-state index contributed by atoms with van der Waals surface area (Å²) in [5, 5.41) is 15.2. The van der Waals surface area contributed by atoms with Crippen molar-refractivity contribution in [3.8, 4) is 16.8 Å². The van der Waals surface area contributed by atoms with Gasteiger partial charge in [0.05, 0.1) is 23.9 Å². The topological polar surface area (TPSA) is 78.7 Å². The van der Waals surface area contributed by atoms with Crippen LogP contribution in [0.15, 0.2) is 66.7 Å². The lowest BCUT2D eigenvalue weighted by Gasteiger charge is -2.36. The lowest BCUT2D eigenvalue weighted by atomic mass is 9.92. The van der Waals surface area contributed by atoms with Crippen molar-refractivity contribution in [1.29, 1.82) is 0 Å². The normalized spacial score (nSPS) is 14.4. The minimum atomic E-state index is -0.341. The van der Waals surface area contributed by atoms with E-state index < -0.39 is 0 Å². The second-order valence-corrected chi connectivity index (χ2v) is 12.4. The molecule has 0 saturated heterocycles. The molecule has 236 valence electrons. The van der Waals surface area contributed by atoms with Crippen LogP contribution in [0.2, 0.25) is 0 Å². The number of aryl methyl sites for hydroxylation is 3. The van der Waals surface area contributed by atoms with Crippen molar-refractivity contribution in [3.05, 3.63) is 106 Å². The summed E-state index contributed by atoms with van der Waals surface area (Å²) in [5.41, 5.74) is 8.78. The molecule has 1 aromatic heterocycles. The second-order valence-electron chi connectivity index (χ2n) is 12.4. The summed E-state index contributed by atoms with van der Waals surface area (Å²) in [6.45, 7) is 12.0. The van der Waals surface area contributed by atoms with Crippen LogP contribution in [-0.2, 0) is 13.0 Å². The third kappa shape index (κ3) is 7.04. The molecule has 1 atom stereocenters. The number of aliphatic hydroxyl groups is 1. The predicted octanol–water partition coefficient (Wildman–Crippen LogP) is 7.07. The van der Waals surface area contributed by atoms with E-state index in [1.165, 1.54) is 0 Å². The van der Waals surface area contributed by atoms with Gasteiger partial charge in [-0.1, -0.05) is 86.3 Å². The maximum Gasteiger partial charge on any atom is 0.274 e. The fourth-order valence-electron chi connectivity index (χ4n) is 6.35. The fraction of sp³-hybridized carbons (Fsp3) is 0.395. The van der Waals surface area contributed by atoms with Crippen LogP contribution >= 0.6 is 0 Å². The van der Waals surface area contributed by atoms with Crippen molar-refractivity contribution in [2.24, 2.45) is 0 Å². The number of hydrogen-bond donors (Lipinski definition) is 1. The van der Waals surface area contributed by atoms with Crippen molar-refractivity contribution in [2.75, 3.05) is 19.7 Å². The van der Waals surface area contributed by atoms with Gasteiger partial charge in [-0.3, -0.25) is 9.59 Å². The molecule has 45 heavy (non-hydrogen) atoms. The highest BCUT2D eigenvalue weighted by atomic mass is 16.3. The molecule has 0 spiro atoms. The highest BCUT2D eigenvalue weighted by Gasteiger charge is 2.32. The minimum Gasteiger partial charge on any atom is -0.394 e. The standard InChI is InChI=1S/C38H46N4O3/c1-6-8-16-40(17-9-7-2)38(45)35-21-28(5)42(39-35)36-15-14-30(32-19-26(3)18-27(4)20-32)23-34(36)37(44)41-24-31-13-11-10-12-29(31)22-33(41)25-43/h10-15,18-21,23,33,43H,6-9,16-17,22,24-25H2,1-5H3/t33-/m0/s1. The van der Waals surface area contributed by atoms with Crippen molar-refractivity contribution in [1.82, 2.24) is 19.6 Å². The molecule has 0 radical (unpaired) electrons. The average Bonchev–Trinajstić information content (AvgIpc) is 3.43. The summed E-state index contributed by atoms with van der Waals surface area (Å²) in [4.78, 5) is 31.9. The number of aliphatic hydroxyl groups excluding tert-OH is 1. The van der Waals surface area contributed by atoms with Crippen LogP contribution in [0.5, 0.6) is 0 Å². The first kappa shape index (κ1) is 32.2. The molecule has 0 saturated carbocycles. The van der Waals surface area contributed by atoms with Gasteiger partial charge in [0.15, 0.2) is 5.69 Å². The first-order valence-electron chi connectivity index (χ1n) is 16.3. The minimum absolute atomic E-state index is 0.0773. The summed E-state index contributed by atoms with van der Waals surface area (Å²) < 4.78 is 1.73. The van der Waals surface area contributed by atoms with Crippen LogP contribution in [0.1, 0.15) is 88.3 Å². The van der Waals surface area contributed by atoms with Gasteiger partial charge in [0, 0.05) is 25.3 Å². The summed E-state index contributed by atoms with van der Waals surface area (Å²) in [7, 11) is 0. The number of fused-ring (bicyclic) bond motifs is 1. The van der Waals surface area contributed by atoms with E-state index in [0.717, 1.165) is 64.8 Å². The number of rotatable bonds is 11. The highest BCUT2D eigenvalue weighted by Crippen LogP contribution is 2.31. The van der Waals surface area contributed by atoms with Gasteiger partial charge in [-0.15, -0.1) is 0 Å². The number of carbonyl (C=O) groups is 2. The maximum absolute atomic E-state index is 14.6. The van der Waals surface area contributed by atoms with Crippen LogP contribution in [0.3, 0.4) is 0 Å². The molecule has 2 amide bonds. The van der Waals surface area contributed by atoms with E-state index in [9.17, 15) is 14.7 Å². The Balaban J connectivity index is 1.59. The van der Waals surface area contributed by atoms with Gasteiger partial charge in [0.1, 0.15) is 0 Å². The SMILES string of the molecule is CCCCN(CCCC)C(=O)c1cc(C)n(-c2ccc(-c3cc(C)cc(C)c3)cc2C(=O)N2Cc3ccccc3C[C@H]2CO)n1. The third-order valence-electron chi connectivity index (χ3n) is 8.79. The zero-order chi connectivity index (χ0) is 32.1. The third-order valence-corrected chi connectivity index (χ3v) is 8.79. The summed E-state index contributed by atoms with van der Waals surface area (Å²) in [6, 6.07) is 21.9. The Morgan fingerprint density at radius 3 is 2.18 bits per heavy atom. The lowest BCUT2D eigenvalue weighted by molar-refractivity contribution is 0.0544. The van der Waals surface area contributed by atoms with E-state index in [4.69, 9.17) is 5.10 Å². The van der Waals surface area contributed by atoms with Gasteiger partial charge < -0.3 is 14.9 Å². The number of nitrogens with zero attached hydrogens (tertiary/aromatic N) is 4. The van der Waals surface area contributed by atoms with E-state index in [2.05, 4.69) is 58.0 Å². The highest BCUT2D eigenvalue weighted by molar-refractivity contribution is 6.00. The molecule has 0 aliphatic carbocycles. The maximum atomic E-state index is 14.6. The number of amides is 2. The predicted molar refractivity (Wildman–Crippen MR) is 180 cm³/mol. The monoisotopic (exact) mass is 606 g/mol. The lowest BCUT2D eigenvalue weighted by Crippen LogP contribution is -2.46. The quantitative estimate of drug-likeness (QED) is 0.198. The average molecular weight is 607 g/mol. The Labute approximate surface area is 267 Å². The molecule has 3 aromatic carbocycles. The van der Waals surface area contributed by atoms with Crippen LogP contribution in [0, 0.1) is 20.8 Å². The molecule has 1 N–H and O–H groups in total. The summed E-state index contributed by atoms with van der Waals surface area (Å²) in [6.07, 6.45) is 4.50. The summed E-state index contributed by atoms with van der Waals surface area (Å²) >= 11 is 0. The Morgan fingerprint density at radius 2 is 1.53 bits per heavy atom. The van der Waals surface area contributed by atoms with Gasteiger partial charge in [0.25, 0.3) is 11.8 Å². The molecule has 0 bridgehead atoms. The zero-order valence-electron chi connectivity index (χ0n) is 27.3. The second kappa shape index (κ2) is 14.2. The zero-order valence-corrected chi connectivity index (χ0v) is 27.3. The van der Waals surface area contributed by atoms with Crippen LogP contribution in [0.4, 0.5) is 0 Å². The smallest absolute Gasteiger partial charge is 0.274 e. The molecule has 2 heterocycles. The molecule has 1 aliphatic heterocycles. The van der Waals surface area contributed by atoms with Gasteiger partial charge in [-0.2, -0.15) is 5.10 Å². The number of aromatic nitrogens is 2. The van der Waals surface area contributed by atoms with Crippen LogP contribution in [-0.4, -0.2) is 62.2 Å². The van der Waals surface area contributed by atoms with Crippen LogP contribution < -0.4 is 0 Å². The Kier molecular flexibility index (Phi) is 10.2. The van der Waals surface area contributed by atoms with Crippen molar-refractivity contribution >= 4 is 11.8 Å². The Morgan fingerprint density at radius 1 is 0.867 bits per heavy atom. The largest absolute Gasteiger partial charge is 0.394 e. The number of unbranched alkanes of at least 4 members (excludes halogenated alkanes) is 2. The molecule has 7 nitrogen and oxygen atoms in total. The molecule has 1 aliphatic rings. The van der Waals surface area contributed by atoms with E-state index in [-0.39, 0.29) is 24.5 Å². The van der Waals surface area contributed by atoms with E-state index in [1.54, 1.807) is 9.58 Å². The van der Waals surface area contributed by atoms with Gasteiger partial charge >= 0.3 is 0 Å². The van der Waals surface area contributed by atoms with Crippen LogP contribution in [0.25, 0.3) is 16.8 Å². The van der Waals surface area contributed by atoms with Crippen molar-refractivity contribution < 1.29 is 14.7 Å². The number of hydrogen-bond acceptors (Lipinski definition) is 4. The Hall–Kier alpha value is -4.23. The van der Waals surface area contributed by atoms with Gasteiger partial charge in [-0.25, -0.2) is 4.68 Å². The first-order valence-corrected chi connectivity index (χ1v) is 16.3. The number of carbonyl (C=O) groups excluding carboxylic acids is 2. The Bertz CT molecular complexity index is 1650. The van der Waals surface area contributed by atoms with E-state index >= 15 is 0 Å². The molecule has 5 rings (SSSR count). The number of benzene rings is 3. The molecular weight excluding hydrogens is 560 g/mol. The molecule has 4 aromatic rings. The van der Waals surface area contributed by atoms with E-state index in [1.807, 2.05) is 48.2 Å². The summed E-state index contributed by atoms with van der Waals surface area (Å²) in [5.74, 6) is -0.244. The molecule has 0 fully saturated rings. The van der Waals surface area contributed by atoms with Gasteiger partial charge in [0.2, 0.25) is 0 Å². The molecule has 0 unspecified atom stereocenters. The van der Waals surface area contributed by atoms with Crippen molar-refractivity contribution in [3.63, 3.8) is 0 Å². The van der Waals surface area contributed by atoms with E-state index in [0.29, 0.717) is 43.0 Å². The molecular formula is C38H46N4O3.